The first-order valence-corrected chi connectivity index (χ1v) is 12.2. The third-order valence-corrected chi connectivity index (χ3v) is 8.25. The van der Waals surface area contributed by atoms with Gasteiger partial charge in [0.15, 0.2) is 17.6 Å². The molecule has 3 unspecified atom stereocenters. The molecule has 3 aromatic rings. The predicted octanol–water partition coefficient (Wildman–Crippen LogP) is 4.23. The van der Waals surface area contributed by atoms with E-state index in [1.165, 1.54) is 16.7 Å². The number of nitrogens with zero attached hydrogens (tertiary/aromatic N) is 4. The van der Waals surface area contributed by atoms with Gasteiger partial charge in [-0.1, -0.05) is 29.0 Å². The summed E-state index contributed by atoms with van der Waals surface area (Å²) in [7, 11) is 3.43. The third kappa shape index (κ3) is 2.88. The van der Waals surface area contributed by atoms with Gasteiger partial charge in [-0.05, 0) is 60.4 Å². The molecule has 7 nitrogen and oxygen atoms in total. The van der Waals surface area contributed by atoms with E-state index in [-0.39, 0.29) is 17.6 Å². The van der Waals surface area contributed by atoms with Crippen LogP contribution in [0.25, 0.3) is 5.69 Å². The summed E-state index contributed by atoms with van der Waals surface area (Å²) in [4.78, 5) is 2.53. The average Bonchev–Trinajstić information content (AvgIpc) is 3.48. The Morgan fingerprint density at radius 1 is 1.11 bits per heavy atom. The highest BCUT2D eigenvalue weighted by Gasteiger charge is 2.62. The molecule has 3 atom stereocenters. The number of allylic oxidation sites excluding steroid dienone is 2. The second-order valence-electron chi connectivity index (χ2n) is 9.57. The quantitative estimate of drug-likeness (QED) is 0.535. The molecule has 0 amide bonds. The van der Waals surface area contributed by atoms with Gasteiger partial charge in [-0.25, -0.2) is 4.68 Å². The number of benzene rings is 2. The molecular weight excluding hydrogens is 464 g/mol. The van der Waals surface area contributed by atoms with Gasteiger partial charge in [0.25, 0.3) is 0 Å². The van der Waals surface area contributed by atoms with E-state index in [1.807, 2.05) is 36.5 Å². The molecule has 1 aromatic heterocycles. The second kappa shape index (κ2) is 7.60. The Balaban J connectivity index is 1.26. The lowest BCUT2D eigenvalue weighted by atomic mass is 9.57. The van der Waals surface area contributed by atoms with Gasteiger partial charge in [-0.3, -0.25) is 4.90 Å². The van der Waals surface area contributed by atoms with Gasteiger partial charge >= 0.3 is 0 Å². The first kappa shape index (κ1) is 21.0. The molecular formula is C27H25ClN4O3. The summed E-state index contributed by atoms with van der Waals surface area (Å²) in [5, 5.41) is 9.54. The van der Waals surface area contributed by atoms with Crippen LogP contribution < -0.4 is 9.47 Å². The van der Waals surface area contributed by atoms with Crippen molar-refractivity contribution < 1.29 is 14.2 Å². The van der Waals surface area contributed by atoms with E-state index < -0.39 is 0 Å². The summed E-state index contributed by atoms with van der Waals surface area (Å²) in [5.74, 6) is 2.54. The first-order valence-electron chi connectivity index (χ1n) is 11.9. The largest absolute Gasteiger partial charge is 0.497 e. The second-order valence-corrected chi connectivity index (χ2v) is 10.0. The van der Waals surface area contributed by atoms with Crippen LogP contribution in [0.2, 0.25) is 5.02 Å². The molecule has 8 heteroatoms. The van der Waals surface area contributed by atoms with E-state index in [9.17, 15) is 0 Å². The maximum absolute atomic E-state index is 6.61. The van der Waals surface area contributed by atoms with Crippen molar-refractivity contribution in [1.82, 2.24) is 19.9 Å². The summed E-state index contributed by atoms with van der Waals surface area (Å²) in [6.07, 6.45) is 8.06. The van der Waals surface area contributed by atoms with E-state index in [2.05, 4.69) is 33.4 Å². The molecule has 0 N–H and O–H groups in total. The molecule has 178 valence electrons. The summed E-state index contributed by atoms with van der Waals surface area (Å²) in [5.41, 5.74) is 5.70. The van der Waals surface area contributed by atoms with Crippen LogP contribution in [0.4, 0.5) is 0 Å². The van der Waals surface area contributed by atoms with Crippen molar-refractivity contribution in [3.8, 4) is 17.2 Å². The predicted molar refractivity (Wildman–Crippen MR) is 131 cm³/mol. The first-order chi connectivity index (χ1) is 17.1. The van der Waals surface area contributed by atoms with Gasteiger partial charge in [0.05, 0.1) is 37.2 Å². The monoisotopic (exact) mass is 488 g/mol. The van der Waals surface area contributed by atoms with Crippen molar-refractivity contribution in [2.75, 3.05) is 20.8 Å². The molecule has 35 heavy (non-hydrogen) atoms. The molecule has 2 bridgehead atoms. The number of likely N-dealkylation sites (tertiary alicyclic amines) is 1. The molecule has 2 aliphatic heterocycles. The van der Waals surface area contributed by atoms with Crippen LogP contribution in [-0.4, -0.2) is 52.8 Å². The topological polar surface area (TPSA) is 61.6 Å². The molecule has 1 fully saturated rings. The van der Waals surface area contributed by atoms with Crippen LogP contribution in [0.1, 0.15) is 23.2 Å². The highest BCUT2D eigenvalue weighted by molar-refractivity contribution is 6.30. The van der Waals surface area contributed by atoms with Gasteiger partial charge in [-0.2, -0.15) is 0 Å². The number of piperidine rings is 1. The zero-order chi connectivity index (χ0) is 23.7. The highest BCUT2D eigenvalue weighted by atomic mass is 35.5. The van der Waals surface area contributed by atoms with Crippen LogP contribution >= 0.6 is 11.6 Å². The van der Waals surface area contributed by atoms with Gasteiger partial charge in [0.1, 0.15) is 5.76 Å². The lowest BCUT2D eigenvalue weighted by Gasteiger charge is -2.53. The SMILES string of the molecule is COC1=CC=C2C3Cc4ccc(OC)c5c4C2(CCN3Cc2cn(-c3ccc(Cl)cc3)nn2)C1O5. The fourth-order valence-electron chi connectivity index (χ4n) is 6.49. The Morgan fingerprint density at radius 3 is 2.77 bits per heavy atom. The van der Waals surface area contributed by atoms with Crippen molar-refractivity contribution in [3.05, 3.63) is 87.9 Å². The van der Waals surface area contributed by atoms with Crippen molar-refractivity contribution in [2.45, 2.75) is 36.9 Å². The van der Waals surface area contributed by atoms with E-state index in [0.717, 1.165) is 54.6 Å². The maximum Gasteiger partial charge on any atom is 0.169 e. The lowest BCUT2D eigenvalue weighted by molar-refractivity contribution is 0.0608. The van der Waals surface area contributed by atoms with E-state index in [0.29, 0.717) is 5.02 Å². The molecule has 4 aliphatic rings. The number of rotatable bonds is 5. The maximum atomic E-state index is 6.61. The molecule has 2 aromatic carbocycles. The molecule has 7 rings (SSSR count). The van der Waals surface area contributed by atoms with Crippen molar-refractivity contribution >= 4 is 11.6 Å². The minimum absolute atomic E-state index is 0.159. The fraction of sp³-hybridized carbons (Fsp3) is 0.333. The Bertz CT molecular complexity index is 1400. The van der Waals surface area contributed by atoms with Gasteiger partial charge in [-0.15, -0.1) is 5.10 Å². The van der Waals surface area contributed by atoms with Crippen LogP contribution in [-0.2, 0) is 23.1 Å². The summed E-state index contributed by atoms with van der Waals surface area (Å²) in [6.45, 7) is 1.67. The van der Waals surface area contributed by atoms with E-state index in [4.69, 9.17) is 25.8 Å². The van der Waals surface area contributed by atoms with Gasteiger partial charge < -0.3 is 14.2 Å². The minimum atomic E-state index is -0.209. The molecule has 3 heterocycles. The number of hydrogen-bond donors (Lipinski definition) is 0. The van der Waals surface area contributed by atoms with Crippen molar-refractivity contribution in [1.29, 1.82) is 0 Å². The molecule has 0 radical (unpaired) electrons. The highest BCUT2D eigenvalue weighted by Crippen LogP contribution is 2.62. The number of aromatic nitrogens is 3. The molecule has 1 spiro atoms. The molecule has 0 saturated carbocycles. The van der Waals surface area contributed by atoms with Gasteiger partial charge in [0.2, 0.25) is 0 Å². The molecule has 1 saturated heterocycles. The van der Waals surface area contributed by atoms with Crippen LogP contribution in [0, 0.1) is 0 Å². The normalized spacial score (nSPS) is 25.9. The van der Waals surface area contributed by atoms with Crippen LogP contribution in [0.5, 0.6) is 11.5 Å². The Labute approximate surface area is 208 Å². The van der Waals surface area contributed by atoms with Crippen LogP contribution in [0.3, 0.4) is 0 Å². The standard InChI is InChI=1S/C27H25ClN4O3/c1-33-22-9-3-16-13-21-20-8-10-23(34-2)26-27(20,24(16)25(22)35-26)11-12-31(21)14-18-15-32(30-29-18)19-6-4-17(28)5-7-19/h3-10,15,21,26H,11-14H2,1-2H3. The minimum Gasteiger partial charge on any atom is -0.497 e. The van der Waals surface area contributed by atoms with E-state index >= 15 is 0 Å². The fourth-order valence-corrected chi connectivity index (χ4v) is 6.61. The number of methoxy groups -OCH3 is 2. The van der Waals surface area contributed by atoms with E-state index in [1.54, 1.807) is 18.9 Å². The van der Waals surface area contributed by atoms with Crippen molar-refractivity contribution in [2.24, 2.45) is 0 Å². The number of ether oxygens (including phenoxy) is 3. The summed E-state index contributed by atoms with van der Waals surface area (Å²) >= 11 is 6.04. The van der Waals surface area contributed by atoms with Crippen molar-refractivity contribution in [3.63, 3.8) is 0 Å². The number of hydrogen-bond acceptors (Lipinski definition) is 6. The third-order valence-electron chi connectivity index (χ3n) is 8.00. The molecule has 2 aliphatic carbocycles. The zero-order valence-corrected chi connectivity index (χ0v) is 20.3. The van der Waals surface area contributed by atoms with Gasteiger partial charge in [0, 0.05) is 29.7 Å². The summed E-state index contributed by atoms with van der Waals surface area (Å²) in [6, 6.07) is 12.1. The number of halogens is 1. The Morgan fingerprint density at radius 2 is 1.97 bits per heavy atom. The average molecular weight is 489 g/mol. The Hall–Kier alpha value is -3.29. The zero-order valence-electron chi connectivity index (χ0n) is 19.6. The van der Waals surface area contributed by atoms with Crippen LogP contribution in [0.15, 0.2) is 66.1 Å². The smallest absolute Gasteiger partial charge is 0.169 e. The Kier molecular flexibility index (Phi) is 4.57. The summed E-state index contributed by atoms with van der Waals surface area (Å²) < 4.78 is 19.9. The lowest BCUT2D eigenvalue weighted by Crippen LogP contribution is -2.59.